The van der Waals surface area contributed by atoms with Gasteiger partial charge in [0.2, 0.25) is 0 Å². The first-order valence-corrected chi connectivity index (χ1v) is 4.41. The van der Waals surface area contributed by atoms with Crippen LogP contribution in [-0.4, -0.2) is 4.98 Å². The van der Waals surface area contributed by atoms with Crippen LogP contribution < -0.4 is 0 Å². The molecule has 5 heteroatoms. The highest BCUT2D eigenvalue weighted by Gasteiger charge is 2.11. The van der Waals surface area contributed by atoms with Crippen LogP contribution in [0.15, 0.2) is 12.3 Å². The maximum Gasteiger partial charge on any atom is 0.280 e. The van der Waals surface area contributed by atoms with Crippen LogP contribution in [0.3, 0.4) is 0 Å². The molecule has 0 saturated carbocycles. The van der Waals surface area contributed by atoms with E-state index in [-0.39, 0.29) is 18.0 Å². The molecule has 0 aliphatic heterocycles. The van der Waals surface area contributed by atoms with Gasteiger partial charge in [-0.3, -0.25) is 4.98 Å². The lowest BCUT2D eigenvalue weighted by Crippen LogP contribution is -1.97. The monoisotopic (exact) mass is 216 g/mol. The first kappa shape index (κ1) is 10.9. The largest absolute Gasteiger partial charge is 0.280 e. The Bertz CT molecular complexity index is 360. The van der Waals surface area contributed by atoms with Crippen molar-refractivity contribution >= 4 is 11.6 Å². The summed E-state index contributed by atoms with van der Waals surface area (Å²) < 4.78 is 24.5. The maximum atomic E-state index is 12.2. The van der Waals surface area contributed by atoms with Gasteiger partial charge in [0.15, 0.2) is 0 Å². The zero-order valence-corrected chi connectivity index (χ0v) is 7.93. The number of aromatic nitrogens is 1. The number of pyridine rings is 1. The minimum absolute atomic E-state index is 0.0737. The highest BCUT2D eigenvalue weighted by Crippen LogP contribution is 2.20. The summed E-state index contributed by atoms with van der Waals surface area (Å²) in [4.78, 5) is 3.55. The number of hydrogen-bond donors (Lipinski definition) is 0. The second-order valence-electron chi connectivity index (χ2n) is 2.65. The molecule has 1 heterocycles. The summed E-state index contributed by atoms with van der Waals surface area (Å²) in [6.07, 6.45) is -1.25. The highest BCUT2D eigenvalue weighted by molar-refractivity contribution is 6.17. The van der Waals surface area contributed by atoms with Gasteiger partial charge in [-0.05, 0) is 17.2 Å². The van der Waals surface area contributed by atoms with Crippen molar-refractivity contribution in [2.24, 2.45) is 0 Å². The van der Waals surface area contributed by atoms with Gasteiger partial charge in [-0.15, -0.1) is 11.6 Å². The molecule has 0 fully saturated rings. The lowest BCUT2D eigenvalue weighted by Gasteiger charge is -2.05. The van der Waals surface area contributed by atoms with Crippen molar-refractivity contribution in [3.05, 3.63) is 29.1 Å². The third-order valence-electron chi connectivity index (χ3n) is 1.74. The number of nitriles is 1. The number of rotatable bonds is 3. The van der Waals surface area contributed by atoms with Crippen LogP contribution in [0.5, 0.6) is 0 Å². The number of hydrogen-bond acceptors (Lipinski definition) is 2. The normalized spacial score (nSPS) is 10.2. The Morgan fingerprint density at radius 2 is 2.21 bits per heavy atom. The second kappa shape index (κ2) is 4.87. The summed E-state index contributed by atoms with van der Waals surface area (Å²) in [5.74, 6) is 0.174. The number of halogens is 3. The van der Waals surface area contributed by atoms with Crippen LogP contribution >= 0.6 is 11.6 Å². The van der Waals surface area contributed by atoms with Crippen molar-refractivity contribution < 1.29 is 8.78 Å². The smallest absolute Gasteiger partial charge is 0.255 e. The van der Waals surface area contributed by atoms with Crippen LogP contribution in [0.25, 0.3) is 0 Å². The molecule has 0 amide bonds. The summed E-state index contributed by atoms with van der Waals surface area (Å²) in [5, 5.41) is 8.47. The van der Waals surface area contributed by atoms with Gasteiger partial charge in [0.25, 0.3) is 6.43 Å². The number of nitrogens with zero attached hydrogens (tertiary/aromatic N) is 2. The molecule has 0 N–H and O–H groups in total. The van der Waals surface area contributed by atoms with E-state index in [9.17, 15) is 8.78 Å². The van der Waals surface area contributed by atoms with Crippen molar-refractivity contribution in [1.29, 1.82) is 5.26 Å². The standard InChI is InChI=1S/C9H7ClF2N2/c10-4-7-5-14-8(9(11)12)3-6(7)1-2-13/h3,5,9H,1,4H2. The summed E-state index contributed by atoms with van der Waals surface area (Å²) in [6.45, 7) is 0. The molecular weight excluding hydrogens is 210 g/mol. The Hall–Kier alpha value is -1.21. The summed E-state index contributed by atoms with van der Waals surface area (Å²) in [5.41, 5.74) is 0.828. The molecule has 74 valence electrons. The quantitative estimate of drug-likeness (QED) is 0.729. The van der Waals surface area contributed by atoms with E-state index < -0.39 is 6.43 Å². The van der Waals surface area contributed by atoms with Crippen LogP contribution in [0.4, 0.5) is 8.78 Å². The Kier molecular flexibility index (Phi) is 3.78. The molecule has 0 unspecified atom stereocenters. The highest BCUT2D eigenvalue weighted by atomic mass is 35.5. The third-order valence-corrected chi connectivity index (χ3v) is 2.03. The topological polar surface area (TPSA) is 36.7 Å². The first-order chi connectivity index (χ1) is 6.69. The van der Waals surface area contributed by atoms with E-state index in [1.54, 1.807) is 0 Å². The molecule has 1 rings (SSSR count). The zero-order valence-electron chi connectivity index (χ0n) is 7.17. The van der Waals surface area contributed by atoms with Crippen LogP contribution in [0.2, 0.25) is 0 Å². The Balaban J connectivity index is 3.08. The average molecular weight is 217 g/mol. The third kappa shape index (κ3) is 2.39. The van der Waals surface area contributed by atoms with E-state index in [1.165, 1.54) is 12.3 Å². The summed E-state index contributed by atoms with van der Waals surface area (Å²) in [6, 6.07) is 3.12. The predicted molar refractivity (Wildman–Crippen MR) is 48.1 cm³/mol. The molecule has 0 spiro atoms. The zero-order chi connectivity index (χ0) is 10.6. The van der Waals surface area contributed by atoms with Crippen molar-refractivity contribution in [1.82, 2.24) is 4.98 Å². The van der Waals surface area contributed by atoms with Crippen LogP contribution in [-0.2, 0) is 12.3 Å². The maximum absolute atomic E-state index is 12.2. The molecule has 0 saturated heterocycles. The van der Waals surface area contributed by atoms with E-state index in [2.05, 4.69) is 4.98 Å². The van der Waals surface area contributed by atoms with Crippen LogP contribution in [0, 0.1) is 11.3 Å². The fourth-order valence-corrected chi connectivity index (χ4v) is 1.27. The Morgan fingerprint density at radius 1 is 1.50 bits per heavy atom. The molecular formula is C9H7ClF2N2. The van der Waals surface area contributed by atoms with Crippen molar-refractivity contribution in [3.8, 4) is 6.07 Å². The predicted octanol–water partition coefficient (Wildman–Crippen LogP) is 2.82. The van der Waals surface area contributed by atoms with E-state index >= 15 is 0 Å². The Labute approximate surface area is 85.1 Å². The van der Waals surface area contributed by atoms with E-state index in [0.29, 0.717) is 11.1 Å². The van der Waals surface area contributed by atoms with Gasteiger partial charge in [0, 0.05) is 12.1 Å². The van der Waals surface area contributed by atoms with Crippen molar-refractivity contribution in [2.45, 2.75) is 18.7 Å². The first-order valence-electron chi connectivity index (χ1n) is 3.87. The fourth-order valence-electron chi connectivity index (χ4n) is 1.03. The molecule has 0 aliphatic rings. The van der Waals surface area contributed by atoms with Crippen molar-refractivity contribution in [3.63, 3.8) is 0 Å². The van der Waals surface area contributed by atoms with Gasteiger partial charge in [0.05, 0.1) is 12.5 Å². The minimum atomic E-state index is -2.61. The van der Waals surface area contributed by atoms with Gasteiger partial charge in [0.1, 0.15) is 5.69 Å². The van der Waals surface area contributed by atoms with Gasteiger partial charge < -0.3 is 0 Å². The molecule has 0 bridgehead atoms. The van der Waals surface area contributed by atoms with E-state index in [1.807, 2.05) is 6.07 Å². The SMILES string of the molecule is N#CCc1cc(C(F)F)ncc1CCl. The van der Waals surface area contributed by atoms with E-state index in [0.717, 1.165) is 0 Å². The second-order valence-corrected chi connectivity index (χ2v) is 2.91. The summed E-state index contributed by atoms with van der Waals surface area (Å²) >= 11 is 5.56. The fraction of sp³-hybridized carbons (Fsp3) is 0.333. The minimum Gasteiger partial charge on any atom is -0.255 e. The summed E-state index contributed by atoms with van der Waals surface area (Å²) in [7, 11) is 0. The Morgan fingerprint density at radius 3 is 2.71 bits per heavy atom. The van der Waals surface area contributed by atoms with E-state index in [4.69, 9.17) is 16.9 Å². The van der Waals surface area contributed by atoms with Gasteiger partial charge in [-0.25, -0.2) is 8.78 Å². The number of alkyl halides is 3. The van der Waals surface area contributed by atoms with Crippen molar-refractivity contribution in [2.75, 3.05) is 0 Å². The molecule has 2 nitrogen and oxygen atoms in total. The average Bonchev–Trinajstić information content (AvgIpc) is 2.18. The molecule has 0 aromatic carbocycles. The molecule has 0 atom stereocenters. The molecule has 0 aliphatic carbocycles. The molecule has 1 aromatic rings. The molecule has 0 radical (unpaired) electrons. The van der Waals surface area contributed by atoms with Gasteiger partial charge in [-0.2, -0.15) is 5.26 Å². The molecule has 1 aromatic heterocycles. The molecule has 14 heavy (non-hydrogen) atoms. The van der Waals surface area contributed by atoms with Gasteiger partial charge >= 0.3 is 0 Å². The lowest BCUT2D eigenvalue weighted by atomic mass is 10.1. The lowest BCUT2D eigenvalue weighted by molar-refractivity contribution is 0.146. The van der Waals surface area contributed by atoms with Crippen LogP contribution in [0.1, 0.15) is 23.2 Å². The van der Waals surface area contributed by atoms with Gasteiger partial charge in [-0.1, -0.05) is 0 Å².